The zero-order valence-corrected chi connectivity index (χ0v) is 13.5. The minimum absolute atomic E-state index is 0.0654. The first-order valence-electron chi connectivity index (χ1n) is 7.28. The summed E-state index contributed by atoms with van der Waals surface area (Å²) in [5, 5.41) is 0. The van der Waals surface area contributed by atoms with Gasteiger partial charge in [0, 0.05) is 5.75 Å². The Bertz CT molecular complexity index is 447. The summed E-state index contributed by atoms with van der Waals surface area (Å²) in [4.78, 5) is 11.4. The number of esters is 1. The Morgan fingerprint density at radius 2 is 1.95 bits per heavy atom. The molecular formula is C17H24O2S. The molecule has 0 atom stereocenters. The number of benzene rings is 1. The van der Waals surface area contributed by atoms with Crippen LogP contribution in [0.1, 0.15) is 50.2 Å². The number of ether oxygens (including phenoxy) is 1. The van der Waals surface area contributed by atoms with Crippen LogP contribution in [0.4, 0.5) is 0 Å². The molecule has 1 aliphatic rings. The summed E-state index contributed by atoms with van der Waals surface area (Å²) < 4.78 is 4.78. The van der Waals surface area contributed by atoms with Gasteiger partial charge >= 0.3 is 5.97 Å². The lowest BCUT2D eigenvalue weighted by Gasteiger charge is -2.13. The van der Waals surface area contributed by atoms with Crippen molar-refractivity contribution >= 4 is 17.7 Å². The fourth-order valence-electron chi connectivity index (χ4n) is 2.31. The van der Waals surface area contributed by atoms with Crippen molar-refractivity contribution in [2.45, 2.75) is 44.8 Å². The molecule has 1 aromatic carbocycles. The predicted octanol–water partition coefficient (Wildman–Crippen LogP) is 4.39. The molecule has 0 aromatic heterocycles. The van der Waals surface area contributed by atoms with Crippen LogP contribution < -0.4 is 0 Å². The third kappa shape index (κ3) is 4.27. The summed E-state index contributed by atoms with van der Waals surface area (Å²) in [6, 6.07) is 8.90. The second-order valence-electron chi connectivity index (χ2n) is 6.14. The van der Waals surface area contributed by atoms with E-state index >= 15 is 0 Å². The average Bonchev–Trinajstić information content (AvgIpc) is 3.19. The van der Waals surface area contributed by atoms with Gasteiger partial charge in [0.2, 0.25) is 0 Å². The van der Waals surface area contributed by atoms with Gasteiger partial charge in [-0.3, -0.25) is 4.79 Å². The first kappa shape index (κ1) is 15.4. The number of carbonyl (C=O) groups excluding carboxylic acids is 1. The molecule has 0 saturated heterocycles. The molecule has 0 bridgehead atoms. The van der Waals surface area contributed by atoms with E-state index in [0.29, 0.717) is 12.3 Å². The standard InChI is InChI=1S/C17H24O2S/c1-13(2)15-6-4-14(5-7-15)11-20-12-17(8-9-17)10-16(18)19-3/h4-7,13H,8-12H2,1-3H3. The van der Waals surface area contributed by atoms with Crippen LogP contribution in [0, 0.1) is 5.41 Å². The Morgan fingerprint density at radius 3 is 2.45 bits per heavy atom. The van der Waals surface area contributed by atoms with Crippen LogP contribution in [0.3, 0.4) is 0 Å². The molecule has 1 saturated carbocycles. The van der Waals surface area contributed by atoms with E-state index in [4.69, 9.17) is 4.74 Å². The van der Waals surface area contributed by atoms with Crippen molar-refractivity contribution in [1.29, 1.82) is 0 Å². The monoisotopic (exact) mass is 292 g/mol. The van der Waals surface area contributed by atoms with Crippen LogP contribution in [0.25, 0.3) is 0 Å². The Morgan fingerprint density at radius 1 is 1.30 bits per heavy atom. The summed E-state index contributed by atoms with van der Waals surface area (Å²) in [7, 11) is 1.47. The summed E-state index contributed by atoms with van der Waals surface area (Å²) in [6.07, 6.45) is 2.92. The molecule has 1 aromatic rings. The highest BCUT2D eigenvalue weighted by atomic mass is 32.2. The molecule has 0 amide bonds. The van der Waals surface area contributed by atoms with Gasteiger partial charge in [-0.15, -0.1) is 0 Å². The Balaban J connectivity index is 1.77. The maximum atomic E-state index is 11.4. The Hall–Kier alpha value is -0.960. The highest BCUT2D eigenvalue weighted by Gasteiger charge is 2.44. The second-order valence-corrected chi connectivity index (χ2v) is 7.13. The largest absolute Gasteiger partial charge is 0.469 e. The van der Waals surface area contributed by atoms with Crippen molar-refractivity contribution in [3.63, 3.8) is 0 Å². The van der Waals surface area contributed by atoms with E-state index in [-0.39, 0.29) is 11.4 Å². The topological polar surface area (TPSA) is 26.3 Å². The number of carbonyl (C=O) groups is 1. The van der Waals surface area contributed by atoms with E-state index in [1.54, 1.807) is 0 Å². The Kier molecular flexibility index (Phi) is 5.14. The van der Waals surface area contributed by atoms with Gasteiger partial charge in [-0.2, -0.15) is 11.8 Å². The molecule has 1 fully saturated rings. The van der Waals surface area contributed by atoms with Crippen LogP contribution in [0.5, 0.6) is 0 Å². The number of methoxy groups -OCH3 is 1. The molecule has 20 heavy (non-hydrogen) atoms. The molecule has 0 N–H and O–H groups in total. The predicted molar refractivity (Wildman–Crippen MR) is 85.0 cm³/mol. The number of hydrogen-bond acceptors (Lipinski definition) is 3. The lowest BCUT2D eigenvalue weighted by atomic mass is 10.0. The minimum Gasteiger partial charge on any atom is -0.469 e. The number of hydrogen-bond donors (Lipinski definition) is 0. The fraction of sp³-hybridized carbons (Fsp3) is 0.588. The Labute approximate surface area is 126 Å². The number of rotatable bonds is 7. The van der Waals surface area contributed by atoms with Crippen LogP contribution in [0.15, 0.2) is 24.3 Å². The minimum atomic E-state index is -0.0654. The van der Waals surface area contributed by atoms with Gasteiger partial charge in [-0.25, -0.2) is 0 Å². The molecule has 2 rings (SSSR count). The molecule has 0 aliphatic heterocycles. The summed E-state index contributed by atoms with van der Waals surface area (Å²) in [5.74, 6) is 2.62. The quantitative estimate of drug-likeness (QED) is 0.697. The van der Waals surface area contributed by atoms with Crippen molar-refractivity contribution in [2.24, 2.45) is 5.41 Å². The first-order chi connectivity index (χ1) is 9.54. The molecule has 1 aliphatic carbocycles. The van der Waals surface area contributed by atoms with Crippen molar-refractivity contribution in [3.8, 4) is 0 Å². The van der Waals surface area contributed by atoms with Crippen molar-refractivity contribution in [1.82, 2.24) is 0 Å². The van der Waals surface area contributed by atoms with Gasteiger partial charge < -0.3 is 4.74 Å². The van der Waals surface area contributed by atoms with Gasteiger partial charge in [0.25, 0.3) is 0 Å². The van der Waals surface area contributed by atoms with Gasteiger partial charge in [0.05, 0.1) is 13.5 Å². The highest BCUT2D eigenvalue weighted by Crippen LogP contribution is 2.51. The van der Waals surface area contributed by atoms with Crippen LogP contribution in [-0.4, -0.2) is 18.8 Å². The number of thioether (sulfide) groups is 1. The normalized spacial score (nSPS) is 16.2. The van der Waals surface area contributed by atoms with Crippen LogP contribution in [-0.2, 0) is 15.3 Å². The van der Waals surface area contributed by atoms with Gasteiger partial charge in [0.1, 0.15) is 0 Å². The molecule has 0 unspecified atom stereocenters. The maximum absolute atomic E-state index is 11.4. The van der Waals surface area contributed by atoms with Crippen molar-refractivity contribution in [2.75, 3.05) is 12.9 Å². The van der Waals surface area contributed by atoms with E-state index in [9.17, 15) is 4.79 Å². The summed E-state index contributed by atoms with van der Waals surface area (Å²) >= 11 is 1.93. The van der Waals surface area contributed by atoms with Gasteiger partial charge in [-0.1, -0.05) is 38.1 Å². The first-order valence-corrected chi connectivity index (χ1v) is 8.43. The van der Waals surface area contributed by atoms with E-state index < -0.39 is 0 Å². The molecular weight excluding hydrogens is 268 g/mol. The third-order valence-corrected chi connectivity index (χ3v) is 5.38. The molecule has 0 spiro atoms. The van der Waals surface area contributed by atoms with Crippen LogP contribution >= 0.6 is 11.8 Å². The van der Waals surface area contributed by atoms with Crippen LogP contribution in [0.2, 0.25) is 0 Å². The fourth-order valence-corrected chi connectivity index (χ4v) is 3.67. The van der Waals surface area contributed by atoms with Crippen molar-refractivity contribution < 1.29 is 9.53 Å². The second kappa shape index (κ2) is 6.66. The van der Waals surface area contributed by atoms with Gasteiger partial charge in [-0.05, 0) is 41.1 Å². The van der Waals surface area contributed by atoms with E-state index in [0.717, 1.165) is 11.5 Å². The third-order valence-electron chi connectivity index (χ3n) is 4.03. The average molecular weight is 292 g/mol. The molecule has 2 nitrogen and oxygen atoms in total. The molecule has 110 valence electrons. The lowest BCUT2D eigenvalue weighted by Crippen LogP contribution is -2.13. The molecule has 3 heteroatoms. The zero-order chi connectivity index (χ0) is 14.6. The maximum Gasteiger partial charge on any atom is 0.306 e. The molecule has 0 radical (unpaired) electrons. The summed E-state index contributed by atoms with van der Waals surface area (Å²) in [5.41, 5.74) is 2.99. The van der Waals surface area contributed by atoms with E-state index in [1.165, 1.54) is 31.1 Å². The van der Waals surface area contributed by atoms with E-state index in [1.807, 2.05) is 11.8 Å². The van der Waals surface area contributed by atoms with Crippen molar-refractivity contribution in [3.05, 3.63) is 35.4 Å². The SMILES string of the molecule is COC(=O)CC1(CSCc2ccc(C(C)C)cc2)CC1. The smallest absolute Gasteiger partial charge is 0.306 e. The highest BCUT2D eigenvalue weighted by molar-refractivity contribution is 7.98. The lowest BCUT2D eigenvalue weighted by molar-refractivity contribution is -0.141. The van der Waals surface area contributed by atoms with E-state index in [2.05, 4.69) is 38.1 Å². The van der Waals surface area contributed by atoms with Gasteiger partial charge in [0.15, 0.2) is 0 Å². The zero-order valence-electron chi connectivity index (χ0n) is 12.6. The summed E-state index contributed by atoms with van der Waals surface area (Å²) in [6.45, 7) is 4.43. The molecule has 0 heterocycles.